The molecule has 0 spiro atoms. The lowest BCUT2D eigenvalue weighted by molar-refractivity contribution is -0.137. The molecule has 0 aromatic heterocycles. The summed E-state index contributed by atoms with van der Waals surface area (Å²) in [6, 6.07) is 3.09. The Hall–Kier alpha value is -1.72. The molecule has 0 heterocycles. The summed E-state index contributed by atoms with van der Waals surface area (Å²) in [7, 11) is 0. The number of amides is 1. The van der Waals surface area contributed by atoms with E-state index in [1.807, 2.05) is 13.8 Å². The molecule has 1 atom stereocenters. The van der Waals surface area contributed by atoms with Crippen LogP contribution in [0.3, 0.4) is 0 Å². The number of anilines is 1. The normalized spacial score (nSPS) is 12.8. The van der Waals surface area contributed by atoms with Gasteiger partial charge in [-0.1, -0.05) is 26.7 Å². The molecule has 124 valence electrons. The van der Waals surface area contributed by atoms with E-state index in [0.29, 0.717) is 6.61 Å². The first kappa shape index (κ1) is 18.3. The summed E-state index contributed by atoms with van der Waals surface area (Å²) in [5.74, 6) is 0.125. The van der Waals surface area contributed by atoms with Gasteiger partial charge < -0.3 is 10.1 Å². The first-order valence-corrected chi connectivity index (χ1v) is 7.41. The van der Waals surface area contributed by atoms with Crippen molar-refractivity contribution in [2.24, 2.45) is 5.92 Å². The molecule has 1 aromatic carbocycles. The SMILES string of the molecule is CCCC(C)CC(=O)Nc1cc(C(F)(F)F)ccc1OCC. The second kappa shape index (κ2) is 8.06. The zero-order valence-corrected chi connectivity index (χ0v) is 13.1. The molecule has 0 aliphatic heterocycles. The van der Waals surface area contributed by atoms with E-state index >= 15 is 0 Å². The minimum atomic E-state index is -4.46. The summed E-state index contributed by atoms with van der Waals surface area (Å²) in [6.45, 7) is 6.00. The maximum Gasteiger partial charge on any atom is 0.416 e. The van der Waals surface area contributed by atoms with Gasteiger partial charge in [0.25, 0.3) is 0 Å². The van der Waals surface area contributed by atoms with Gasteiger partial charge in [-0.15, -0.1) is 0 Å². The predicted octanol–water partition coefficient (Wildman–Crippen LogP) is 4.87. The number of carbonyl (C=O) groups excluding carboxylic acids is 1. The quantitative estimate of drug-likeness (QED) is 0.779. The van der Waals surface area contributed by atoms with E-state index in [2.05, 4.69) is 5.32 Å². The summed E-state index contributed by atoms with van der Waals surface area (Å²) in [6.07, 6.45) is -2.33. The largest absolute Gasteiger partial charge is 0.492 e. The fourth-order valence-electron chi connectivity index (χ4n) is 2.20. The van der Waals surface area contributed by atoms with Crippen LogP contribution in [0.1, 0.15) is 45.6 Å². The zero-order valence-electron chi connectivity index (χ0n) is 13.1. The number of hydrogen-bond acceptors (Lipinski definition) is 2. The second-order valence-electron chi connectivity index (χ2n) is 5.29. The van der Waals surface area contributed by atoms with E-state index in [1.165, 1.54) is 6.07 Å². The molecule has 1 rings (SSSR count). The monoisotopic (exact) mass is 317 g/mol. The van der Waals surface area contributed by atoms with Crippen LogP contribution in [-0.2, 0) is 11.0 Å². The highest BCUT2D eigenvalue weighted by Gasteiger charge is 2.31. The Bertz CT molecular complexity index is 501. The van der Waals surface area contributed by atoms with Crippen LogP contribution in [0.15, 0.2) is 18.2 Å². The maximum atomic E-state index is 12.8. The van der Waals surface area contributed by atoms with E-state index in [0.717, 1.165) is 25.0 Å². The highest BCUT2D eigenvalue weighted by Crippen LogP contribution is 2.35. The number of ether oxygens (including phenoxy) is 1. The predicted molar refractivity (Wildman–Crippen MR) is 79.9 cm³/mol. The van der Waals surface area contributed by atoms with Crippen molar-refractivity contribution >= 4 is 11.6 Å². The van der Waals surface area contributed by atoms with Gasteiger partial charge in [0.2, 0.25) is 5.91 Å². The molecule has 0 aliphatic carbocycles. The third kappa shape index (κ3) is 5.58. The standard InChI is InChI=1S/C16H22F3NO2/c1-4-6-11(3)9-15(21)20-13-10-12(16(17,18)19)7-8-14(13)22-5-2/h7-8,10-11H,4-6,9H2,1-3H3,(H,20,21). The van der Waals surface area contributed by atoms with Gasteiger partial charge in [0.05, 0.1) is 17.9 Å². The van der Waals surface area contributed by atoms with E-state index in [-0.39, 0.29) is 29.7 Å². The van der Waals surface area contributed by atoms with E-state index in [4.69, 9.17) is 4.74 Å². The lowest BCUT2D eigenvalue weighted by atomic mass is 10.0. The molecule has 6 heteroatoms. The average Bonchev–Trinajstić information content (AvgIpc) is 2.39. The Balaban J connectivity index is 2.92. The topological polar surface area (TPSA) is 38.3 Å². The summed E-state index contributed by atoms with van der Waals surface area (Å²) >= 11 is 0. The second-order valence-corrected chi connectivity index (χ2v) is 5.29. The Morgan fingerprint density at radius 3 is 2.55 bits per heavy atom. The summed E-state index contributed by atoms with van der Waals surface area (Å²) < 4.78 is 43.6. The fourth-order valence-corrected chi connectivity index (χ4v) is 2.20. The number of rotatable bonds is 7. The first-order chi connectivity index (χ1) is 10.3. The third-order valence-corrected chi connectivity index (χ3v) is 3.20. The van der Waals surface area contributed by atoms with Crippen LogP contribution < -0.4 is 10.1 Å². The molecule has 1 aromatic rings. The molecule has 3 nitrogen and oxygen atoms in total. The van der Waals surface area contributed by atoms with Crippen LogP contribution in [0.25, 0.3) is 0 Å². The Morgan fingerprint density at radius 2 is 2.00 bits per heavy atom. The number of carbonyl (C=O) groups is 1. The Kier molecular flexibility index (Phi) is 6.71. The lowest BCUT2D eigenvalue weighted by Crippen LogP contribution is -2.16. The third-order valence-electron chi connectivity index (χ3n) is 3.20. The van der Waals surface area contributed by atoms with Gasteiger partial charge in [-0.2, -0.15) is 13.2 Å². The van der Waals surface area contributed by atoms with Crippen LogP contribution in [0, 0.1) is 5.92 Å². The number of nitrogens with one attached hydrogen (secondary N) is 1. The van der Waals surface area contributed by atoms with Crippen molar-refractivity contribution in [1.29, 1.82) is 0 Å². The Morgan fingerprint density at radius 1 is 1.32 bits per heavy atom. The van der Waals surface area contributed by atoms with Crippen LogP contribution >= 0.6 is 0 Å². The number of benzene rings is 1. The first-order valence-electron chi connectivity index (χ1n) is 7.41. The van der Waals surface area contributed by atoms with Crippen molar-refractivity contribution < 1.29 is 22.7 Å². The van der Waals surface area contributed by atoms with Crippen molar-refractivity contribution in [3.8, 4) is 5.75 Å². The molecule has 1 N–H and O–H groups in total. The van der Waals surface area contributed by atoms with Gasteiger partial charge in [0.15, 0.2) is 0 Å². The molecule has 1 amide bonds. The highest BCUT2D eigenvalue weighted by molar-refractivity contribution is 5.92. The van der Waals surface area contributed by atoms with Crippen LogP contribution in [0.5, 0.6) is 5.75 Å². The molecule has 1 unspecified atom stereocenters. The van der Waals surface area contributed by atoms with E-state index in [9.17, 15) is 18.0 Å². The summed E-state index contributed by atoms with van der Waals surface area (Å²) in [5, 5.41) is 2.53. The average molecular weight is 317 g/mol. The molecule has 0 bridgehead atoms. The molecule has 22 heavy (non-hydrogen) atoms. The van der Waals surface area contributed by atoms with E-state index in [1.54, 1.807) is 6.92 Å². The van der Waals surface area contributed by atoms with Gasteiger partial charge in [-0.3, -0.25) is 4.79 Å². The van der Waals surface area contributed by atoms with Gasteiger partial charge in [-0.05, 0) is 31.0 Å². The van der Waals surface area contributed by atoms with Crippen LogP contribution in [0.2, 0.25) is 0 Å². The molecule has 0 saturated heterocycles. The minimum absolute atomic E-state index is 0.0605. The number of hydrogen-bond donors (Lipinski definition) is 1. The number of halogens is 3. The zero-order chi connectivity index (χ0) is 16.8. The number of alkyl halides is 3. The molecule has 0 saturated carbocycles. The van der Waals surface area contributed by atoms with Gasteiger partial charge in [0, 0.05) is 6.42 Å². The molecular weight excluding hydrogens is 295 g/mol. The fraction of sp³-hybridized carbons (Fsp3) is 0.562. The molecule has 0 fully saturated rings. The highest BCUT2D eigenvalue weighted by atomic mass is 19.4. The van der Waals surface area contributed by atoms with Gasteiger partial charge in [0.1, 0.15) is 5.75 Å². The van der Waals surface area contributed by atoms with Crippen molar-refractivity contribution in [2.75, 3.05) is 11.9 Å². The van der Waals surface area contributed by atoms with Crippen LogP contribution in [-0.4, -0.2) is 12.5 Å². The molecule has 0 aliphatic rings. The van der Waals surface area contributed by atoms with Crippen molar-refractivity contribution in [3.05, 3.63) is 23.8 Å². The van der Waals surface area contributed by atoms with Crippen molar-refractivity contribution in [3.63, 3.8) is 0 Å². The summed E-state index contributed by atoms with van der Waals surface area (Å²) in [5.41, 5.74) is -0.752. The van der Waals surface area contributed by atoms with E-state index < -0.39 is 11.7 Å². The van der Waals surface area contributed by atoms with Crippen molar-refractivity contribution in [2.45, 2.75) is 46.2 Å². The summed E-state index contributed by atoms with van der Waals surface area (Å²) in [4.78, 5) is 12.0. The minimum Gasteiger partial charge on any atom is -0.492 e. The molecule has 0 radical (unpaired) electrons. The van der Waals surface area contributed by atoms with Crippen LogP contribution in [0.4, 0.5) is 18.9 Å². The van der Waals surface area contributed by atoms with Gasteiger partial charge in [-0.25, -0.2) is 0 Å². The van der Waals surface area contributed by atoms with Crippen molar-refractivity contribution in [1.82, 2.24) is 0 Å². The lowest BCUT2D eigenvalue weighted by Gasteiger charge is -2.16. The molecular formula is C16H22F3NO2. The smallest absolute Gasteiger partial charge is 0.416 e. The van der Waals surface area contributed by atoms with Gasteiger partial charge >= 0.3 is 6.18 Å². The Labute approximate surface area is 128 Å². The maximum absolute atomic E-state index is 12.8.